The second-order valence-corrected chi connectivity index (χ2v) is 5.24. The van der Waals surface area contributed by atoms with Crippen LogP contribution in [0, 0.1) is 0 Å². The first-order chi connectivity index (χ1) is 9.78. The molecule has 0 heterocycles. The van der Waals surface area contributed by atoms with Crippen LogP contribution in [0.3, 0.4) is 0 Å². The van der Waals surface area contributed by atoms with Crippen LogP contribution in [-0.4, -0.2) is 37.6 Å². The van der Waals surface area contributed by atoms with E-state index in [4.69, 9.17) is 9.84 Å². The van der Waals surface area contributed by atoms with E-state index in [9.17, 15) is 8.78 Å². The predicted molar refractivity (Wildman–Crippen MR) is 78.6 cm³/mol. The lowest BCUT2D eigenvalue weighted by atomic mass is 10.2. The van der Waals surface area contributed by atoms with E-state index in [1.165, 1.54) is 12.1 Å². The number of alkyl halides is 2. The summed E-state index contributed by atoms with van der Waals surface area (Å²) in [5.41, 5.74) is 0.876. The topological polar surface area (TPSA) is 50.7 Å². The molecule has 0 atom stereocenters. The molecule has 0 spiro atoms. The van der Waals surface area contributed by atoms with Gasteiger partial charge in [0.05, 0.1) is 12.2 Å². The summed E-state index contributed by atoms with van der Waals surface area (Å²) in [5, 5.41) is 11.5. The van der Waals surface area contributed by atoms with Crippen LogP contribution in [0.2, 0.25) is 0 Å². The third kappa shape index (κ3) is 12.2. The molecular formula is C15H25F2NO3. The van der Waals surface area contributed by atoms with Crippen LogP contribution < -0.4 is 10.1 Å². The average molecular weight is 305 g/mol. The highest BCUT2D eigenvalue weighted by Crippen LogP contribution is 2.15. The van der Waals surface area contributed by atoms with Crippen molar-refractivity contribution in [3.05, 3.63) is 29.8 Å². The molecule has 0 radical (unpaired) electrons. The van der Waals surface area contributed by atoms with Gasteiger partial charge in [-0.2, -0.15) is 8.78 Å². The molecule has 1 aromatic carbocycles. The largest absolute Gasteiger partial charge is 0.435 e. The first kappa shape index (κ1) is 19.8. The summed E-state index contributed by atoms with van der Waals surface area (Å²) in [6.45, 7) is 4.30. The average Bonchev–Trinajstić information content (AvgIpc) is 2.39. The van der Waals surface area contributed by atoms with Crippen LogP contribution in [0.4, 0.5) is 8.78 Å². The zero-order valence-corrected chi connectivity index (χ0v) is 13.0. The number of hydrogen-bond donors (Lipinski definition) is 2. The zero-order chi connectivity index (χ0) is 16.3. The van der Waals surface area contributed by atoms with Crippen molar-refractivity contribution in [2.24, 2.45) is 0 Å². The molecule has 2 N–H and O–H groups in total. The fourth-order valence-corrected chi connectivity index (χ4v) is 1.14. The molecule has 21 heavy (non-hydrogen) atoms. The van der Waals surface area contributed by atoms with Crippen LogP contribution in [0.5, 0.6) is 5.75 Å². The summed E-state index contributed by atoms with van der Waals surface area (Å²) < 4.78 is 33.0. The van der Waals surface area contributed by atoms with Crippen LogP contribution in [0.25, 0.3) is 0 Å². The number of hydrogen-bond acceptors (Lipinski definition) is 4. The number of rotatable bonds is 6. The Morgan fingerprint density at radius 3 is 2.38 bits per heavy atom. The minimum Gasteiger partial charge on any atom is -0.435 e. The molecule has 0 bridgehead atoms. The van der Waals surface area contributed by atoms with Crippen molar-refractivity contribution < 1.29 is 23.4 Å². The fraction of sp³-hybridized carbons (Fsp3) is 0.600. The molecule has 4 nitrogen and oxygen atoms in total. The lowest BCUT2D eigenvalue weighted by molar-refractivity contribution is -0.0498. The maximum atomic E-state index is 11.9. The van der Waals surface area contributed by atoms with E-state index in [-0.39, 0.29) is 18.0 Å². The number of ether oxygens (including phenoxy) is 2. The Morgan fingerprint density at radius 1 is 1.29 bits per heavy atom. The lowest BCUT2D eigenvalue weighted by Gasteiger charge is -2.14. The summed E-state index contributed by atoms with van der Waals surface area (Å²) in [7, 11) is 1.71. The highest BCUT2D eigenvalue weighted by atomic mass is 19.3. The van der Waals surface area contributed by atoms with E-state index < -0.39 is 6.61 Å². The SMILES string of the molecule is COC(C)(C)C.OCCNCc1cccc(OC(F)F)c1. The minimum absolute atomic E-state index is 0.0417. The number of aliphatic hydroxyl groups excluding tert-OH is 1. The molecule has 0 saturated carbocycles. The molecule has 1 rings (SSSR count). The van der Waals surface area contributed by atoms with Gasteiger partial charge in [-0.1, -0.05) is 12.1 Å². The van der Waals surface area contributed by atoms with Gasteiger partial charge in [-0.3, -0.25) is 0 Å². The Bertz CT molecular complexity index is 381. The first-order valence-corrected chi connectivity index (χ1v) is 6.69. The predicted octanol–water partition coefficient (Wildman–Crippen LogP) is 2.80. The fourth-order valence-electron chi connectivity index (χ4n) is 1.14. The molecular weight excluding hydrogens is 280 g/mol. The Kier molecular flexibility index (Phi) is 9.86. The standard InChI is InChI=1S/C10H13F2NO2.C5H12O/c11-10(12)15-9-3-1-2-8(6-9)7-13-4-5-14;1-5(2,3)6-4/h1-3,6,10,13-14H,4-5,7H2;1-4H3. The van der Waals surface area contributed by atoms with Gasteiger partial charge in [-0.15, -0.1) is 0 Å². The molecule has 0 aliphatic heterocycles. The van der Waals surface area contributed by atoms with Crippen LogP contribution in [-0.2, 0) is 11.3 Å². The maximum Gasteiger partial charge on any atom is 0.387 e. The molecule has 0 fully saturated rings. The summed E-state index contributed by atoms with van der Waals surface area (Å²) in [6, 6.07) is 6.45. The van der Waals surface area contributed by atoms with E-state index >= 15 is 0 Å². The van der Waals surface area contributed by atoms with E-state index in [1.807, 2.05) is 20.8 Å². The summed E-state index contributed by atoms with van der Waals surface area (Å²) in [6.07, 6.45) is 0. The van der Waals surface area contributed by atoms with Crippen molar-refractivity contribution in [1.82, 2.24) is 5.32 Å². The smallest absolute Gasteiger partial charge is 0.387 e. The molecule has 1 aromatic rings. The molecule has 0 aliphatic carbocycles. The Labute approximate surface area is 125 Å². The van der Waals surface area contributed by atoms with Gasteiger partial charge in [-0.25, -0.2) is 0 Å². The van der Waals surface area contributed by atoms with Gasteiger partial charge in [0.1, 0.15) is 5.75 Å². The second-order valence-electron chi connectivity index (χ2n) is 5.24. The molecule has 6 heteroatoms. The molecule has 122 valence electrons. The van der Waals surface area contributed by atoms with E-state index in [1.54, 1.807) is 19.2 Å². The minimum atomic E-state index is -2.80. The van der Waals surface area contributed by atoms with E-state index in [0.29, 0.717) is 13.1 Å². The Hall–Kier alpha value is -1.24. The summed E-state index contributed by atoms with van der Waals surface area (Å²) >= 11 is 0. The van der Waals surface area contributed by atoms with Gasteiger partial charge in [-0.05, 0) is 38.5 Å². The lowest BCUT2D eigenvalue weighted by Crippen LogP contribution is -2.17. The van der Waals surface area contributed by atoms with Gasteiger partial charge < -0.3 is 19.9 Å². The van der Waals surface area contributed by atoms with Crippen LogP contribution in [0.1, 0.15) is 26.3 Å². The van der Waals surface area contributed by atoms with Crippen molar-refractivity contribution in [3.8, 4) is 5.75 Å². The molecule has 0 saturated heterocycles. The molecule has 0 unspecified atom stereocenters. The van der Waals surface area contributed by atoms with Crippen LogP contribution >= 0.6 is 0 Å². The normalized spacial score (nSPS) is 11.0. The third-order valence-electron chi connectivity index (χ3n) is 2.35. The summed E-state index contributed by atoms with van der Waals surface area (Å²) in [4.78, 5) is 0. The van der Waals surface area contributed by atoms with Crippen molar-refractivity contribution in [2.45, 2.75) is 39.5 Å². The highest BCUT2D eigenvalue weighted by Gasteiger charge is 2.04. The van der Waals surface area contributed by atoms with Gasteiger partial charge >= 0.3 is 6.61 Å². The molecule has 0 aliphatic rings. The Morgan fingerprint density at radius 2 is 1.90 bits per heavy atom. The Balaban J connectivity index is 0.000000567. The first-order valence-electron chi connectivity index (χ1n) is 6.69. The van der Waals surface area contributed by atoms with Gasteiger partial charge in [0.25, 0.3) is 0 Å². The van der Waals surface area contributed by atoms with E-state index in [0.717, 1.165) is 5.56 Å². The number of benzene rings is 1. The number of halogens is 2. The summed E-state index contributed by atoms with van der Waals surface area (Å²) in [5.74, 6) is 0.147. The number of methoxy groups -OCH3 is 1. The second kappa shape index (κ2) is 10.5. The monoisotopic (exact) mass is 305 g/mol. The highest BCUT2D eigenvalue weighted by molar-refractivity contribution is 5.28. The van der Waals surface area contributed by atoms with Crippen molar-refractivity contribution in [3.63, 3.8) is 0 Å². The quantitative estimate of drug-likeness (QED) is 0.794. The van der Waals surface area contributed by atoms with Gasteiger partial charge in [0.15, 0.2) is 0 Å². The van der Waals surface area contributed by atoms with Crippen LogP contribution in [0.15, 0.2) is 24.3 Å². The maximum absolute atomic E-state index is 11.9. The van der Waals surface area contributed by atoms with Gasteiger partial charge in [0, 0.05) is 20.2 Å². The van der Waals surface area contributed by atoms with Gasteiger partial charge in [0.2, 0.25) is 0 Å². The van der Waals surface area contributed by atoms with Crippen molar-refractivity contribution >= 4 is 0 Å². The van der Waals surface area contributed by atoms with Crippen molar-refractivity contribution in [2.75, 3.05) is 20.3 Å². The molecule has 0 aromatic heterocycles. The zero-order valence-electron chi connectivity index (χ0n) is 13.0. The third-order valence-corrected chi connectivity index (χ3v) is 2.35. The number of nitrogens with one attached hydrogen (secondary N) is 1. The van der Waals surface area contributed by atoms with Crippen molar-refractivity contribution in [1.29, 1.82) is 0 Å². The molecule has 0 amide bonds. The number of aliphatic hydroxyl groups is 1. The van der Waals surface area contributed by atoms with E-state index in [2.05, 4.69) is 10.1 Å².